The molecule has 1 rings (SSSR count). The molecule has 1 unspecified atom stereocenters. The largest absolute Gasteiger partial charge is 0.480 e. The number of hydrogen-bond donors (Lipinski definition) is 2. The number of rotatable bonds is 5. The summed E-state index contributed by atoms with van der Waals surface area (Å²) >= 11 is 0. The average Bonchev–Trinajstić information content (AvgIpc) is 2.26. The Morgan fingerprint density at radius 1 is 1.33 bits per heavy atom. The van der Waals surface area contributed by atoms with Gasteiger partial charge in [-0.2, -0.15) is 0 Å². The molecule has 0 spiro atoms. The molecule has 0 saturated carbocycles. The van der Waals surface area contributed by atoms with Gasteiger partial charge in [-0.15, -0.1) is 0 Å². The summed E-state index contributed by atoms with van der Waals surface area (Å²) in [6, 6.07) is 0.948. The first-order valence-corrected chi connectivity index (χ1v) is 4.92. The molecule has 5 nitrogen and oxygen atoms in total. The third-order valence-corrected chi connectivity index (χ3v) is 2.06. The fraction of sp³-hybridized carbons (Fsp3) is 0.273. The number of halogens is 2. The lowest BCUT2D eigenvalue weighted by molar-refractivity contribution is -0.140. The van der Waals surface area contributed by atoms with Crippen molar-refractivity contribution >= 4 is 11.9 Å². The van der Waals surface area contributed by atoms with Gasteiger partial charge in [-0.1, -0.05) is 0 Å². The van der Waals surface area contributed by atoms with Crippen LogP contribution in [0.3, 0.4) is 0 Å². The molecular weight excluding hydrogens is 248 g/mol. The second kappa shape index (κ2) is 6.06. The van der Waals surface area contributed by atoms with Crippen LogP contribution in [0.15, 0.2) is 18.2 Å². The van der Waals surface area contributed by atoms with Crippen LogP contribution in [0.25, 0.3) is 0 Å². The maximum atomic E-state index is 12.9. The van der Waals surface area contributed by atoms with E-state index in [4.69, 9.17) is 5.11 Å². The smallest absolute Gasteiger partial charge is 0.328 e. The standard InChI is InChI=1S/C11H11F2NO4/c1-18-5-9(11(16)17)14-10(15)6-2-7(12)4-8(13)3-6/h2-4,9H,5H2,1H3,(H,14,15)(H,16,17). The lowest BCUT2D eigenvalue weighted by Crippen LogP contribution is -2.43. The normalized spacial score (nSPS) is 11.9. The molecule has 0 aromatic heterocycles. The second-order valence-corrected chi connectivity index (χ2v) is 3.48. The predicted molar refractivity (Wildman–Crippen MR) is 57.1 cm³/mol. The Bertz CT molecular complexity index is 444. The Hall–Kier alpha value is -2.02. The summed E-state index contributed by atoms with van der Waals surface area (Å²) in [6.07, 6.45) is 0. The molecule has 1 amide bonds. The Morgan fingerprint density at radius 2 is 1.89 bits per heavy atom. The van der Waals surface area contributed by atoms with Gasteiger partial charge in [0.25, 0.3) is 5.91 Å². The van der Waals surface area contributed by atoms with E-state index in [-0.39, 0.29) is 12.2 Å². The van der Waals surface area contributed by atoms with Gasteiger partial charge in [0.15, 0.2) is 6.04 Å². The van der Waals surface area contributed by atoms with Crippen LogP contribution in [0.1, 0.15) is 10.4 Å². The van der Waals surface area contributed by atoms with Crippen molar-refractivity contribution in [1.29, 1.82) is 0 Å². The van der Waals surface area contributed by atoms with E-state index in [0.717, 1.165) is 12.1 Å². The summed E-state index contributed by atoms with van der Waals surface area (Å²) in [7, 11) is 1.27. The fourth-order valence-electron chi connectivity index (χ4n) is 1.27. The average molecular weight is 259 g/mol. The maximum Gasteiger partial charge on any atom is 0.328 e. The van der Waals surface area contributed by atoms with Crippen LogP contribution >= 0.6 is 0 Å². The number of ether oxygens (including phenoxy) is 1. The van der Waals surface area contributed by atoms with E-state index in [1.807, 2.05) is 0 Å². The van der Waals surface area contributed by atoms with E-state index in [1.54, 1.807) is 0 Å². The molecule has 98 valence electrons. The lowest BCUT2D eigenvalue weighted by atomic mass is 10.2. The minimum Gasteiger partial charge on any atom is -0.480 e. The lowest BCUT2D eigenvalue weighted by Gasteiger charge is -2.13. The van der Waals surface area contributed by atoms with Crippen LogP contribution in [0.2, 0.25) is 0 Å². The van der Waals surface area contributed by atoms with Crippen molar-refractivity contribution < 1.29 is 28.2 Å². The first-order chi connectivity index (χ1) is 8.43. The molecule has 0 bridgehead atoms. The highest BCUT2D eigenvalue weighted by Crippen LogP contribution is 2.08. The summed E-state index contributed by atoms with van der Waals surface area (Å²) in [5, 5.41) is 10.9. The Morgan fingerprint density at radius 3 is 2.33 bits per heavy atom. The quantitative estimate of drug-likeness (QED) is 0.819. The third-order valence-electron chi connectivity index (χ3n) is 2.06. The van der Waals surface area contributed by atoms with Gasteiger partial charge in [0.2, 0.25) is 0 Å². The monoisotopic (exact) mass is 259 g/mol. The molecule has 1 aromatic carbocycles. The Labute approximate surface area is 101 Å². The first kappa shape index (κ1) is 14.0. The van der Waals surface area contributed by atoms with Crippen LogP contribution in [-0.4, -0.2) is 36.7 Å². The number of hydrogen-bond acceptors (Lipinski definition) is 3. The molecule has 0 saturated heterocycles. The zero-order valence-electron chi connectivity index (χ0n) is 9.44. The number of carbonyl (C=O) groups excluding carboxylic acids is 1. The van der Waals surface area contributed by atoms with Gasteiger partial charge in [-0.25, -0.2) is 13.6 Å². The number of carboxylic acids is 1. The van der Waals surface area contributed by atoms with Crippen molar-refractivity contribution in [1.82, 2.24) is 5.32 Å². The van der Waals surface area contributed by atoms with E-state index < -0.39 is 29.6 Å². The molecule has 1 aromatic rings. The summed E-state index contributed by atoms with van der Waals surface area (Å²) in [4.78, 5) is 22.3. The van der Waals surface area contributed by atoms with Crippen LogP contribution in [-0.2, 0) is 9.53 Å². The zero-order valence-corrected chi connectivity index (χ0v) is 9.44. The van der Waals surface area contributed by atoms with Gasteiger partial charge in [0.05, 0.1) is 6.61 Å². The van der Waals surface area contributed by atoms with E-state index in [1.165, 1.54) is 7.11 Å². The summed E-state index contributed by atoms with van der Waals surface area (Å²) < 4.78 is 30.3. The van der Waals surface area contributed by atoms with Crippen LogP contribution in [0, 0.1) is 11.6 Å². The molecule has 18 heavy (non-hydrogen) atoms. The number of methoxy groups -OCH3 is 1. The molecule has 0 radical (unpaired) electrons. The molecule has 0 heterocycles. The van der Waals surface area contributed by atoms with E-state index >= 15 is 0 Å². The van der Waals surface area contributed by atoms with Gasteiger partial charge < -0.3 is 15.2 Å². The fourth-order valence-corrected chi connectivity index (χ4v) is 1.27. The van der Waals surface area contributed by atoms with Gasteiger partial charge in [0.1, 0.15) is 11.6 Å². The molecule has 1 atom stereocenters. The SMILES string of the molecule is COCC(NC(=O)c1cc(F)cc(F)c1)C(=O)O. The van der Waals surface area contributed by atoms with Crippen molar-refractivity contribution in [3.8, 4) is 0 Å². The van der Waals surface area contributed by atoms with E-state index in [2.05, 4.69) is 10.1 Å². The first-order valence-electron chi connectivity index (χ1n) is 4.92. The number of amides is 1. The van der Waals surface area contributed by atoms with Crippen molar-refractivity contribution in [2.24, 2.45) is 0 Å². The molecule has 7 heteroatoms. The minimum atomic E-state index is -1.30. The summed E-state index contributed by atoms with van der Waals surface area (Å²) in [5.41, 5.74) is -0.296. The highest BCUT2D eigenvalue weighted by molar-refractivity contribution is 5.96. The number of carbonyl (C=O) groups is 2. The molecule has 0 aliphatic heterocycles. The van der Waals surface area contributed by atoms with Crippen molar-refractivity contribution in [2.45, 2.75) is 6.04 Å². The van der Waals surface area contributed by atoms with Gasteiger partial charge >= 0.3 is 5.97 Å². The maximum absolute atomic E-state index is 12.9. The number of benzene rings is 1. The second-order valence-electron chi connectivity index (χ2n) is 3.48. The zero-order chi connectivity index (χ0) is 13.7. The molecule has 2 N–H and O–H groups in total. The highest BCUT2D eigenvalue weighted by Gasteiger charge is 2.21. The van der Waals surface area contributed by atoms with Crippen molar-refractivity contribution in [3.63, 3.8) is 0 Å². The number of nitrogens with one attached hydrogen (secondary N) is 1. The van der Waals surface area contributed by atoms with Crippen LogP contribution in [0.4, 0.5) is 8.78 Å². The molecule has 0 fully saturated rings. The summed E-state index contributed by atoms with van der Waals surface area (Å²) in [5.74, 6) is -4.03. The van der Waals surface area contributed by atoms with Gasteiger partial charge in [-0.05, 0) is 12.1 Å². The summed E-state index contributed by atoms with van der Waals surface area (Å²) in [6.45, 7) is -0.251. The number of carboxylic acid groups (broad SMARTS) is 1. The number of aliphatic carboxylic acids is 1. The molecule has 0 aliphatic rings. The van der Waals surface area contributed by atoms with Crippen molar-refractivity contribution in [3.05, 3.63) is 35.4 Å². The van der Waals surface area contributed by atoms with Crippen molar-refractivity contribution in [2.75, 3.05) is 13.7 Å². The third kappa shape index (κ3) is 3.77. The molecular formula is C11H11F2NO4. The van der Waals surface area contributed by atoms with Crippen LogP contribution < -0.4 is 5.32 Å². The topological polar surface area (TPSA) is 75.6 Å². The highest BCUT2D eigenvalue weighted by atomic mass is 19.1. The van der Waals surface area contributed by atoms with Gasteiger partial charge in [-0.3, -0.25) is 4.79 Å². The van der Waals surface area contributed by atoms with E-state index in [9.17, 15) is 18.4 Å². The Kier molecular flexibility index (Phi) is 4.73. The van der Waals surface area contributed by atoms with Crippen LogP contribution in [0.5, 0.6) is 0 Å². The predicted octanol–water partition coefficient (Wildman–Crippen LogP) is 0.794. The van der Waals surface area contributed by atoms with Gasteiger partial charge in [0, 0.05) is 18.7 Å². The molecule has 0 aliphatic carbocycles. The van der Waals surface area contributed by atoms with E-state index in [0.29, 0.717) is 6.07 Å². The Balaban J connectivity index is 2.83. The minimum absolute atomic E-state index is 0.251.